The maximum Gasteiger partial charge on any atom is 0.220 e. The first-order valence-electron chi connectivity index (χ1n) is 8.89. The maximum absolute atomic E-state index is 12.0. The van der Waals surface area contributed by atoms with E-state index in [1.54, 1.807) is 11.0 Å². The molecule has 0 saturated carbocycles. The minimum atomic E-state index is -0.0245. The molecule has 0 aliphatic carbocycles. The fourth-order valence-corrected chi connectivity index (χ4v) is 2.41. The fraction of sp³-hybridized carbons (Fsp3) is 0.526. The molecule has 2 rings (SSSR count). The molecule has 1 aromatic carbocycles. The predicted octanol–water partition coefficient (Wildman–Crippen LogP) is 3.36. The Morgan fingerprint density at radius 3 is 2.64 bits per heavy atom. The molecule has 0 unspecified atom stereocenters. The third-order valence-electron chi connectivity index (χ3n) is 3.98. The Morgan fingerprint density at radius 2 is 2.00 bits per heavy atom. The van der Waals surface area contributed by atoms with Crippen molar-refractivity contribution in [3.8, 4) is 5.75 Å². The zero-order chi connectivity index (χ0) is 18.1. The van der Waals surface area contributed by atoms with Gasteiger partial charge in [-0.15, -0.1) is 0 Å². The van der Waals surface area contributed by atoms with E-state index in [9.17, 15) is 4.79 Å². The van der Waals surface area contributed by atoms with Gasteiger partial charge in [-0.2, -0.15) is 5.10 Å². The van der Waals surface area contributed by atoms with Gasteiger partial charge in [0.1, 0.15) is 18.4 Å². The van der Waals surface area contributed by atoms with Crippen LogP contribution in [0.25, 0.3) is 0 Å². The molecule has 0 fully saturated rings. The molecule has 25 heavy (non-hydrogen) atoms. The first-order valence-corrected chi connectivity index (χ1v) is 8.89. The minimum Gasteiger partial charge on any atom is -0.494 e. The maximum atomic E-state index is 12.0. The predicted molar refractivity (Wildman–Crippen MR) is 97.2 cm³/mol. The molecule has 1 amide bonds. The minimum absolute atomic E-state index is 0.0245. The smallest absolute Gasteiger partial charge is 0.220 e. The van der Waals surface area contributed by atoms with E-state index in [1.165, 1.54) is 6.33 Å². The van der Waals surface area contributed by atoms with Gasteiger partial charge in [-0.05, 0) is 43.4 Å². The van der Waals surface area contributed by atoms with Gasteiger partial charge in [-0.3, -0.25) is 9.48 Å². The van der Waals surface area contributed by atoms with Gasteiger partial charge in [0.05, 0.1) is 12.6 Å². The number of aryl methyl sites for hydroxylation is 1. The number of amides is 1. The summed E-state index contributed by atoms with van der Waals surface area (Å²) in [5.41, 5.74) is 1.07. The summed E-state index contributed by atoms with van der Waals surface area (Å²) in [5.74, 6) is 1.56. The molecule has 1 atom stereocenters. The van der Waals surface area contributed by atoms with Gasteiger partial charge in [0.2, 0.25) is 5.91 Å². The lowest BCUT2D eigenvalue weighted by Gasteiger charge is -2.15. The summed E-state index contributed by atoms with van der Waals surface area (Å²) >= 11 is 0. The van der Waals surface area contributed by atoms with Crippen LogP contribution in [0.1, 0.15) is 51.6 Å². The number of benzene rings is 1. The third kappa shape index (κ3) is 6.95. The summed E-state index contributed by atoms with van der Waals surface area (Å²) in [6.07, 6.45) is 5.41. The van der Waals surface area contributed by atoms with Crippen molar-refractivity contribution in [1.29, 1.82) is 0 Å². The molecule has 0 aliphatic rings. The van der Waals surface area contributed by atoms with E-state index < -0.39 is 0 Å². The number of nitrogens with one attached hydrogen (secondary N) is 1. The number of hydrogen-bond donors (Lipinski definition) is 1. The quantitative estimate of drug-likeness (QED) is 0.717. The van der Waals surface area contributed by atoms with Gasteiger partial charge in [0.25, 0.3) is 0 Å². The van der Waals surface area contributed by atoms with E-state index in [0.29, 0.717) is 18.9 Å². The highest BCUT2D eigenvalue weighted by Crippen LogP contribution is 2.18. The molecular formula is C19H28N4O2. The summed E-state index contributed by atoms with van der Waals surface area (Å²) < 4.78 is 7.45. The number of carbonyl (C=O) groups is 1. The van der Waals surface area contributed by atoms with Crippen molar-refractivity contribution >= 4 is 5.91 Å². The molecule has 2 aromatic rings. The molecule has 0 aliphatic heterocycles. The largest absolute Gasteiger partial charge is 0.494 e. The van der Waals surface area contributed by atoms with Gasteiger partial charge < -0.3 is 10.1 Å². The van der Waals surface area contributed by atoms with Crippen molar-refractivity contribution in [3.63, 3.8) is 0 Å². The van der Waals surface area contributed by atoms with Gasteiger partial charge in [0.15, 0.2) is 0 Å². The van der Waals surface area contributed by atoms with Gasteiger partial charge in [-0.1, -0.05) is 26.0 Å². The number of aromatic nitrogens is 3. The molecule has 0 radical (unpaired) electrons. The standard InChI is InChI=1S/C19H28N4O2/c1-15(2)10-12-25-18-8-6-17(7-9-18)16(3)22-19(24)5-4-11-23-14-20-13-21-23/h6-9,13-16H,4-5,10-12H2,1-3H3,(H,22,24)/t16-/m0/s1. The normalized spacial score (nSPS) is 12.2. The highest BCUT2D eigenvalue weighted by molar-refractivity contribution is 5.76. The number of ether oxygens (including phenoxy) is 1. The van der Waals surface area contributed by atoms with Gasteiger partial charge in [0, 0.05) is 13.0 Å². The van der Waals surface area contributed by atoms with E-state index in [0.717, 1.165) is 30.8 Å². The van der Waals surface area contributed by atoms with Gasteiger partial charge >= 0.3 is 0 Å². The molecule has 1 heterocycles. The molecule has 136 valence electrons. The van der Waals surface area contributed by atoms with E-state index in [-0.39, 0.29) is 11.9 Å². The number of carbonyl (C=O) groups excluding carboxylic acids is 1. The number of rotatable bonds is 10. The van der Waals surface area contributed by atoms with Crippen LogP contribution < -0.4 is 10.1 Å². The first kappa shape index (κ1) is 19.0. The Kier molecular flexibility index (Phi) is 7.44. The van der Waals surface area contributed by atoms with Crippen LogP contribution in [0, 0.1) is 5.92 Å². The van der Waals surface area contributed by atoms with Crippen LogP contribution in [0.5, 0.6) is 5.75 Å². The summed E-state index contributed by atoms with van der Waals surface area (Å²) in [5, 5.41) is 7.05. The van der Waals surface area contributed by atoms with Crippen LogP contribution in [0.2, 0.25) is 0 Å². The average molecular weight is 344 g/mol. The summed E-state index contributed by atoms with van der Waals surface area (Å²) in [6, 6.07) is 7.91. The molecule has 1 aromatic heterocycles. The highest BCUT2D eigenvalue weighted by Gasteiger charge is 2.10. The molecule has 0 spiro atoms. The molecule has 1 N–H and O–H groups in total. The third-order valence-corrected chi connectivity index (χ3v) is 3.98. The Hall–Kier alpha value is -2.37. The average Bonchev–Trinajstić information content (AvgIpc) is 3.08. The van der Waals surface area contributed by atoms with E-state index >= 15 is 0 Å². The molecule has 0 saturated heterocycles. The molecule has 6 nitrogen and oxygen atoms in total. The van der Waals surface area contributed by atoms with Crippen LogP contribution in [0.15, 0.2) is 36.9 Å². The summed E-state index contributed by atoms with van der Waals surface area (Å²) in [6.45, 7) is 7.79. The van der Waals surface area contributed by atoms with Crippen LogP contribution in [0.4, 0.5) is 0 Å². The lowest BCUT2D eigenvalue weighted by Crippen LogP contribution is -2.26. The topological polar surface area (TPSA) is 69.0 Å². The Labute approximate surface area is 149 Å². The van der Waals surface area contributed by atoms with Crippen molar-refractivity contribution in [1.82, 2.24) is 20.1 Å². The molecular weight excluding hydrogens is 316 g/mol. The van der Waals surface area contributed by atoms with Crippen molar-refractivity contribution in [3.05, 3.63) is 42.5 Å². The Balaban J connectivity index is 1.71. The second-order valence-corrected chi connectivity index (χ2v) is 6.65. The SMILES string of the molecule is CC(C)CCOc1ccc([C@H](C)NC(=O)CCCn2cncn2)cc1. The van der Waals surface area contributed by atoms with E-state index in [2.05, 4.69) is 29.2 Å². The van der Waals surface area contributed by atoms with Crippen molar-refractivity contribution in [2.45, 2.75) is 52.6 Å². The second kappa shape index (κ2) is 9.81. The van der Waals surface area contributed by atoms with Crippen molar-refractivity contribution in [2.75, 3.05) is 6.61 Å². The van der Waals surface area contributed by atoms with Crippen molar-refractivity contribution < 1.29 is 9.53 Å². The van der Waals surface area contributed by atoms with Crippen LogP contribution in [-0.4, -0.2) is 27.3 Å². The van der Waals surface area contributed by atoms with Crippen molar-refractivity contribution in [2.24, 2.45) is 5.92 Å². The Bertz CT molecular complexity index is 623. The Morgan fingerprint density at radius 1 is 1.24 bits per heavy atom. The summed E-state index contributed by atoms with van der Waals surface area (Å²) in [7, 11) is 0. The summed E-state index contributed by atoms with van der Waals surface area (Å²) in [4.78, 5) is 15.9. The fourth-order valence-electron chi connectivity index (χ4n) is 2.41. The lowest BCUT2D eigenvalue weighted by atomic mass is 10.1. The zero-order valence-electron chi connectivity index (χ0n) is 15.3. The monoisotopic (exact) mass is 344 g/mol. The molecule has 0 bridgehead atoms. The number of hydrogen-bond acceptors (Lipinski definition) is 4. The molecule has 6 heteroatoms. The highest BCUT2D eigenvalue weighted by atomic mass is 16.5. The van der Waals surface area contributed by atoms with Crippen LogP contribution >= 0.6 is 0 Å². The second-order valence-electron chi connectivity index (χ2n) is 6.65. The van der Waals surface area contributed by atoms with E-state index in [1.807, 2.05) is 31.2 Å². The lowest BCUT2D eigenvalue weighted by molar-refractivity contribution is -0.121. The number of nitrogens with zero attached hydrogens (tertiary/aromatic N) is 3. The van der Waals surface area contributed by atoms with Gasteiger partial charge in [-0.25, -0.2) is 4.98 Å². The zero-order valence-corrected chi connectivity index (χ0v) is 15.3. The first-order chi connectivity index (χ1) is 12.0. The van der Waals surface area contributed by atoms with Crippen LogP contribution in [-0.2, 0) is 11.3 Å². The van der Waals surface area contributed by atoms with Crippen LogP contribution in [0.3, 0.4) is 0 Å². The van der Waals surface area contributed by atoms with E-state index in [4.69, 9.17) is 4.74 Å².